The van der Waals surface area contributed by atoms with Gasteiger partial charge in [0.05, 0.1) is 15.9 Å². The van der Waals surface area contributed by atoms with E-state index in [0.717, 1.165) is 23.8 Å². The third-order valence-corrected chi connectivity index (χ3v) is 4.15. The van der Waals surface area contributed by atoms with Gasteiger partial charge in [0.1, 0.15) is 5.75 Å². The van der Waals surface area contributed by atoms with Crippen LogP contribution in [-0.2, 0) is 12.2 Å². The zero-order valence-electron chi connectivity index (χ0n) is 12.0. The highest BCUT2D eigenvalue weighted by Crippen LogP contribution is 2.25. The number of phenols is 1. The van der Waals surface area contributed by atoms with Crippen LogP contribution in [0.15, 0.2) is 42.5 Å². The summed E-state index contributed by atoms with van der Waals surface area (Å²) in [5.41, 5.74) is 1.09. The molecule has 23 heavy (non-hydrogen) atoms. The fraction of sp³-hybridized carbons (Fsp3) is 0.200. The van der Waals surface area contributed by atoms with E-state index in [2.05, 4.69) is 0 Å². The van der Waals surface area contributed by atoms with Gasteiger partial charge in [-0.05, 0) is 35.4 Å². The molecule has 0 spiro atoms. The van der Waals surface area contributed by atoms with Gasteiger partial charge in [-0.25, -0.2) is 0 Å². The van der Waals surface area contributed by atoms with Gasteiger partial charge in [-0.3, -0.25) is 20.2 Å². The van der Waals surface area contributed by atoms with Crippen molar-refractivity contribution >= 4 is 23.1 Å². The second-order valence-corrected chi connectivity index (χ2v) is 5.95. The van der Waals surface area contributed by atoms with Crippen LogP contribution in [0.3, 0.4) is 0 Å². The number of benzene rings is 2. The van der Waals surface area contributed by atoms with Crippen molar-refractivity contribution < 1.29 is 15.0 Å². The second-order valence-electron chi connectivity index (χ2n) is 4.84. The quantitative estimate of drug-likeness (QED) is 0.470. The van der Waals surface area contributed by atoms with Gasteiger partial charge in [-0.2, -0.15) is 11.8 Å². The lowest BCUT2D eigenvalue weighted by atomic mass is 10.2. The molecule has 0 aliphatic heterocycles. The van der Waals surface area contributed by atoms with E-state index >= 15 is 0 Å². The third kappa shape index (κ3) is 4.96. The first-order valence-corrected chi connectivity index (χ1v) is 7.89. The van der Waals surface area contributed by atoms with E-state index in [4.69, 9.17) is 0 Å². The molecule has 2 rings (SSSR count). The van der Waals surface area contributed by atoms with Crippen LogP contribution in [0.4, 0.5) is 11.4 Å². The molecule has 0 saturated carbocycles. The summed E-state index contributed by atoms with van der Waals surface area (Å²) >= 11 is 1.54. The largest absolute Gasteiger partial charge is 0.508 e. The molecule has 0 radical (unpaired) electrons. The predicted molar refractivity (Wildman–Crippen MR) is 87.7 cm³/mol. The fourth-order valence-electron chi connectivity index (χ4n) is 1.99. The summed E-state index contributed by atoms with van der Waals surface area (Å²) in [5, 5.41) is 30.9. The Morgan fingerprint density at radius 1 is 0.913 bits per heavy atom. The Balaban J connectivity index is 1.95. The molecule has 0 aromatic heterocycles. The Hall–Kier alpha value is -2.61. The molecular weight excluding hydrogens is 320 g/mol. The Kier molecular flexibility index (Phi) is 5.53. The van der Waals surface area contributed by atoms with Gasteiger partial charge in [-0.15, -0.1) is 0 Å². The van der Waals surface area contributed by atoms with E-state index in [1.54, 1.807) is 12.1 Å². The molecule has 0 saturated heterocycles. The first-order valence-electron chi connectivity index (χ1n) is 6.74. The highest BCUT2D eigenvalue weighted by molar-refractivity contribution is 7.98. The van der Waals surface area contributed by atoms with E-state index < -0.39 is 9.85 Å². The Labute approximate surface area is 136 Å². The SMILES string of the molecule is O=[N+]([O-])c1cc(CSCCc2ccc(O)cc2)cc([N+](=O)[O-])c1. The molecule has 0 aliphatic carbocycles. The van der Waals surface area contributed by atoms with Gasteiger partial charge in [0.2, 0.25) is 0 Å². The second kappa shape index (κ2) is 7.59. The number of phenolic OH excluding ortho intramolecular Hbond substituents is 1. The standard InChI is InChI=1S/C15H14N2O5S/c18-15-3-1-11(2-4-15)5-6-23-10-12-7-13(16(19)20)9-14(8-12)17(21)22/h1-4,7-9,18H,5-6,10H2. The zero-order valence-corrected chi connectivity index (χ0v) is 12.9. The maximum Gasteiger partial charge on any atom is 0.276 e. The van der Waals surface area contributed by atoms with E-state index in [0.29, 0.717) is 11.3 Å². The molecule has 0 heterocycles. The van der Waals surface area contributed by atoms with Crippen LogP contribution in [-0.4, -0.2) is 20.7 Å². The third-order valence-electron chi connectivity index (χ3n) is 3.12. The molecule has 8 heteroatoms. The van der Waals surface area contributed by atoms with Gasteiger partial charge >= 0.3 is 0 Å². The molecular formula is C15H14N2O5S. The number of hydrogen-bond acceptors (Lipinski definition) is 6. The first kappa shape index (κ1) is 16.8. The molecule has 0 fully saturated rings. The van der Waals surface area contributed by atoms with Crippen LogP contribution >= 0.6 is 11.8 Å². The van der Waals surface area contributed by atoms with E-state index in [1.807, 2.05) is 12.1 Å². The number of thioether (sulfide) groups is 1. The number of hydrogen-bond donors (Lipinski definition) is 1. The summed E-state index contributed by atoms with van der Waals surface area (Å²) in [6.07, 6.45) is 0.780. The van der Waals surface area contributed by atoms with Gasteiger partial charge in [-0.1, -0.05) is 12.1 Å². The van der Waals surface area contributed by atoms with E-state index in [1.165, 1.54) is 23.9 Å². The Bertz CT molecular complexity index is 686. The minimum atomic E-state index is -0.627. The molecule has 0 bridgehead atoms. The molecule has 0 aliphatic rings. The van der Waals surface area contributed by atoms with Crippen molar-refractivity contribution in [3.05, 3.63) is 73.8 Å². The van der Waals surface area contributed by atoms with Gasteiger partial charge < -0.3 is 5.11 Å². The zero-order chi connectivity index (χ0) is 16.8. The summed E-state index contributed by atoms with van der Waals surface area (Å²) in [4.78, 5) is 20.4. The van der Waals surface area contributed by atoms with Crippen molar-refractivity contribution in [1.29, 1.82) is 0 Å². The van der Waals surface area contributed by atoms with Crippen LogP contribution in [0, 0.1) is 20.2 Å². The fourth-order valence-corrected chi connectivity index (χ4v) is 2.92. The van der Waals surface area contributed by atoms with E-state index in [-0.39, 0.29) is 17.1 Å². The molecule has 120 valence electrons. The van der Waals surface area contributed by atoms with Crippen LogP contribution < -0.4 is 0 Å². The van der Waals surface area contributed by atoms with Crippen molar-refractivity contribution in [1.82, 2.24) is 0 Å². The van der Waals surface area contributed by atoms with Crippen molar-refractivity contribution in [3.8, 4) is 5.75 Å². The summed E-state index contributed by atoms with van der Waals surface area (Å²) in [5.74, 6) is 1.44. The average molecular weight is 334 g/mol. The van der Waals surface area contributed by atoms with Gasteiger partial charge in [0, 0.05) is 17.9 Å². The molecule has 7 nitrogen and oxygen atoms in total. The number of non-ortho nitro benzene ring substituents is 2. The molecule has 0 atom stereocenters. The highest BCUT2D eigenvalue weighted by atomic mass is 32.2. The number of rotatable bonds is 7. The van der Waals surface area contributed by atoms with Crippen molar-refractivity contribution in [2.75, 3.05) is 5.75 Å². The van der Waals surface area contributed by atoms with Gasteiger partial charge in [0.15, 0.2) is 0 Å². The Morgan fingerprint density at radius 3 is 2.00 bits per heavy atom. The average Bonchev–Trinajstić information content (AvgIpc) is 2.53. The monoisotopic (exact) mass is 334 g/mol. The van der Waals surface area contributed by atoms with Crippen molar-refractivity contribution in [3.63, 3.8) is 0 Å². The maximum absolute atomic E-state index is 10.8. The molecule has 2 aromatic carbocycles. The minimum absolute atomic E-state index is 0.213. The predicted octanol–water partition coefficient (Wildman–Crippen LogP) is 3.68. The highest BCUT2D eigenvalue weighted by Gasteiger charge is 2.16. The first-order chi connectivity index (χ1) is 11.0. The molecule has 1 N–H and O–H groups in total. The summed E-state index contributed by atoms with van der Waals surface area (Å²) < 4.78 is 0. The van der Waals surface area contributed by atoms with E-state index in [9.17, 15) is 25.3 Å². The number of aryl methyl sites for hydroxylation is 1. The lowest BCUT2D eigenvalue weighted by molar-refractivity contribution is -0.394. The molecule has 2 aromatic rings. The lowest BCUT2D eigenvalue weighted by Crippen LogP contribution is -1.95. The molecule has 0 amide bonds. The Morgan fingerprint density at radius 2 is 1.48 bits per heavy atom. The number of nitrogens with zero attached hydrogens (tertiary/aromatic N) is 2. The number of nitro benzene ring substituents is 2. The lowest BCUT2D eigenvalue weighted by Gasteiger charge is -2.04. The summed E-state index contributed by atoms with van der Waals surface area (Å²) in [7, 11) is 0. The molecule has 0 unspecified atom stereocenters. The summed E-state index contributed by atoms with van der Waals surface area (Å²) in [6.45, 7) is 0. The summed E-state index contributed by atoms with van der Waals surface area (Å²) in [6, 6.07) is 10.6. The normalized spacial score (nSPS) is 10.4. The van der Waals surface area contributed by atoms with Crippen LogP contribution in [0.1, 0.15) is 11.1 Å². The van der Waals surface area contributed by atoms with Gasteiger partial charge in [0.25, 0.3) is 11.4 Å². The van der Waals surface area contributed by atoms with Crippen LogP contribution in [0.2, 0.25) is 0 Å². The number of aromatic hydroxyl groups is 1. The van der Waals surface area contributed by atoms with Crippen molar-refractivity contribution in [2.45, 2.75) is 12.2 Å². The smallest absolute Gasteiger partial charge is 0.276 e. The maximum atomic E-state index is 10.8. The van der Waals surface area contributed by atoms with Crippen LogP contribution in [0.5, 0.6) is 5.75 Å². The van der Waals surface area contributed by atoms with Crippen LogP contribution in [0.25, 0.3) is 0 Å². The number of nitro groups is 2. The minimum Gasteiger partial charge on any atom is -0.508 e. The van der Waals surface area contributed by atoms with Crippen molar-refractivity contribution in [2.24, 2.45) is 0 Å². The topological polar surface area (TPSA) is 107 Å².